The fourth-order valence-electron chi connectivity index (χ4n) is 1.97. The van der Waals surface area contributed by atoms with Crippen LogP contribution in [0.1, 0.15) is 26.7 Å². The van der Waals surface area contributed by atoms with Gasteiger partial charge in [0.1, 0.15) is 5.75 Å². The van der Waals surface area contributed by atoms with E-state index in [0.29, 0.717) is 40.1 Å². The van der Waals surface area contributed by atoms with Crippen LogP contribution < -0.4 is 10.5 Å². The Morgan fingerprint density at radius 3 is 2.76 bits per heavy atom. The third kappa shape index (κ3) is 4.11. The number of nitrogens with two attached hydrogens (primary N) is 1. The number of anilines is 1. The summed E-state index contributed by atoms with van der Waals surface area (Å²) in [6, 6.07) is 4.97. The van der Waals surface area contributed by atoms with Gasteiger partial charge < -0.3 is 10.5 Å². The number of ether oxygens (including phenoxy) is 1. The van der Waals surface area contributed by atoms with Crippen LogP contribution in [0.5, 0.6) is 5.75 Å². The molecule has 1 aromatic heterocycles. The van der Waals surface area contributed by atoms with Gasteiger partial charge in [0, 0.05) is 17.0 Å². The fraction of sp³-hybridized carbons (Fsp3) is 0.400. The third-order valence-corrected chi connectivity index (χ3v) is 3.34. The second-order valence-electron chi connectivity index (χ2n) is 5.34. The fourth-order valence-corrected chi connectivity index (χ4v) is 2.14. The number of alkyl halides is 1. The molecule has 0 aliphatic rings. The van der Waals surface area contributed by atoms with Crippen LogP contribution in [0, 0.1) is 5.92 Å². The molecule has 0 aliphatic heterocycles. The summed E-state index contributed by atoms with van der Waals surface area (Å²) in [6.07, 6.45) is 1.23. The Kier molecular flexibility index (Phi) is 5.07. The molecular formula is C15H19ClFN3O. The second kappa shape index (κ2) is 6.80. The highest BCUT2D eigenvalue weighted by Gasteiger charge is 2.16. The first-order valence-electron chi connectivity index (χ1n) is 6.87. The highest BCUT2D eigenvalue weighted by atomic mass is 35.5. The predicted molar refractivity (Wildman–Crippen MR) is 83.0 cm³/mol. The molecule has 1 aromatic carbocycles. The minimum Gasteiger partial charge on any atom is -0.460 e. The molecule has 0 saturated heterocycles. The molecular weight excluding hydrogens is 293 g/mol. The Morgan fingerprint density at radius 2 is 2.14 bits per heavy atom. The molecule has 0 radical (unpaired) electrons. The van der Waals surface area contributed by atoms with Crippen molar-refractivity contribution in [3.05, 3.63) is 29.4 Å². The van der Waals surface area contributed by atoms with Crippen molar-refractivity contribution in [2.45, 2.75) is 33.0 Å². The summed E-state index contributed by atoms with van der Waals surface area (Å²) in [5, 5.41) is 7.16. The number of benzene rings is 1. The van der Waals surface area contributed by atoms with Crippen LogP contribution in [0.4, 0.5) is 10.1 Å². The van der Waals surface area contributed by atoms with E-state index < -0.39 is 6.36 Å². The van der Waals surface area contributed by atoms with Gasteiger partial charge in [-0.05, 0) is 30.5 Å². The Hall–Kier alpha value is -1.75. The molecule has 0 aliphatic carbocycles. The monoisotopic (exact) mass is 311 g/mol. The van der Waals surface area contributed by atoms with Crippen LogP contribution in [-0.2, 0) is 0 Å². The van der Waals surface area contributed by atoms with Crippen molar-refractivity contribution >= 4 is 17.3 Å². The lowest BCUT2D eigenvalue weighted by Gasteiger charge is -2.15. The summed E-state index contributed by atoms with van der Waals surface area (Å²) in [7, 11) is 0. The number of halogens is 2. The zero-order valence-corrected chi connectivity index (χ0v) is 12.8. The lowest BCUT2D eigenvalue weighted by molar-refractivity contribution is 0.0549. The SMILES string of the molecule is CC(C)CCC(F)Oc1ccc(Cl)cc1-c1[nH]ncc1N. The van der Waals surface area contributed by atoms with E-state index in [1.165, 1.54) is 6.20 Å². The van der Waals surface area contributed by atoms with Gasteiger partial charge in [-0.1, -0.05) is 25.4 Å². The summed E-state index contributed by atoms with van der Waals surface area (Å²) in [5.74, 6) is 0.825. The molecule has 1 atom stereocenters. The summed E-state index contributed by atoms with van der Waals surface area (Å²) in [5.41, 5.74) is 7.47. The number of hydrogen-bond acceptors (Lipinski definition) is 3. The minimum absolute atomic E-state index is 0.345. The molecule has 1 unspecified atom stereocenters. The smallest absolute Gasteiger partial charge is 0.238 e. The summed E-state index contributed by atoms with van der Waals surface area (Å²) < 4.78 is 19.4. The lowest BCUT2D eigenvalue weighted by Crippen LogP contribution is -2.11. The summed E-state index contributed by atoms with van der Waals surface area (Å²) in [4.78, 5) is 0. The molecule has 0 spiro atoms. The van der Waals surface area contributed by atoms with Gasteiger partial charge in [0.15, 0.2) is 0 Å². The minimum atomic E-state index is -1.36. The topological polar surface area (TPSA) is 63.9 Å². The maximum atomic E-state index is 14.0. The Morgan fingerprint density at radius 1 is 1.38 bits per heavy atom. The molecule has 0 fully saturated rings. The van der Waals surface area contributed by atoms with Crippen LogP contribution in [0.3, 0.4) is 0 Å². The highest BCUT2D eigenvalue weighted by molar-refractivity contribution is 6.31. The lowest BCUT2D eigenvalue weighted by atomic mass is 10.1. The first kappa shape index (κ1) is 15.6. The Bertz CT molecular complexity index is 600. The molecule has 1 heterocycles. The first-order valence-corrected chi connectivity index (χ1v) is 7.24. The molecule has 4 nitrogen and oxygen atoms in total. The van der Waals surface area contributed by atoms with Gasteiger partial charge in [0.2, 0.25) is 6.36 Å². The third-order valence-electron chi connectivity index (χ3n) is 3.11. The summed E-state index contributed by atoms with van der Waals surface area (Å²) >= 11 is 6.00. The standard InChI is InChI=1S/C15H19ClFN3O/c1-9(2)3-6-14(17)21-13-5-4-10(16)7-11(13)15-12(18)8-19-20-15/h4-5,7-9,14H,3,6,18H2,1-2H3,(H,19,20). The number of nitrogens with zero attached hydrogens (tertiary/aromatic N) is 1. The molecule has 21 heavy (non-hydrogen) atoms. The van der Waals surface area contributed by atoms with Crippen LogP contribution in [-0.4, -0.2) is 16.6 Å². The van der Waals surface area contributed by atoms with Crippen molar-refractivity contribution in [2.75, 3.05) is 5.73 Å². The number of rotatable bonds is 6. The molecule has 0 bridgehead atoms. The molecule has 2 aromatic rings. The van der Waals surface area contributed by atoms with E-state index in [4.69, 9.17) is 22.1 Å². The van der Waals surface area contributed by atoms with E-state index >= 15 is 0 Å². The number of hydrogen-bond donors (Lipinski definition) is 2. The van der Waals surface area contributed by atoms with E-state index in [2.05, 4.69) is 10.2 Å². The normalized spacial score (nSPS) is 12.6. The van der Waals surface area contributed by atoms with E-state index in [0.717, 1.165) is 6.42 Å². The van der Waals surface area contributed by atoms with Crippen LogP contribution in [0.15, 0.2) is 24.4 Å². The second-order valence-corrected chi connectivity index (χ2v) is 5.78. The number of nitrogens with one attached hydrogen (secondary N) is 1. The zero-order chi connectivity index (χ0) is 15.4. The van der Waals surface area contributed by atoms with Crippen molar-refractivity contribution in [3.63, 3.8) is 0 Å². The van der Waals surface area contributed by atoms with Gasteiger partial charge in [-0.15, -0.1) is 0 Å². The van der Waals surface area contributed by atoms with Crippen molar-refractivity contribution in [1.29, 1.82) is 0 Å². The van der Waals surface area contributed by atoms with Crippen molar-refractivity contribution in [3.8, 4) is 17.0 Å². The Balaban J connectivity index is 2.22. The molecule has 114 valence electrons. The van der Waals surface area contributed by atoms with Crippen molar-refractivity contribution in [1.82, 2.24) is 10.2 Å². The van der Waals surface area contributed by atoms with Crippen LogP contribution >= 0.6 is 11.6 Å². The van der Waals surface area contributed by atoms with Gasteiger partial charge in [0.25, 0.3) is 0 Å². The maximum Gasteiger partial charge on any atom is 0.238 e. The highest BCUT2D eigenvalue weighted by Crippen LogP contribution is 2.35. The number of nitrogen functional groups attached to an aromatic ring is 1. The molecule has 6 heteroatoms. The first-order chi connectivity index (χ1) is 9.97. The van der Waals surface area contributed by atoms with Gasteiger partial charge in [-0.2, -0.15) is 5.10 Å². The zero-order valence-electron chi connectivity index (χ0n) is 12.1. The molecule has 0 amide bonds. The van der Waals surface area contributed by atoms with E-state index in [1.807, 2.05) is 13.8 Å². The number of aromatic nitrogens is 2. The average molecular weight is 312 g/mol. The van der Waals surface area contributed by atoms with Crippen molar-refractivity contribution < 1.29 is 9.13 Å². The number of H-pyrrole nitrogens is 1. The van der Waals surface area contributed by atoms with Gasteiger partial charge in [-0.3, -0.25) is 5.10 Å². The quantitative estimate of drug-likeness (QED) is 0.830. The van der Waals surface area contributed by atoms with Gasteiger partial charge in [0.05, 0.1) is 17.6 Å². The molecule has 3 N–H and O–H groups in total. The van der Waals surface area contributed by atoms with Gasteiger partial charge >= 0.3 is 0 Å². The van der Waals surface area contributed by atoms with E-state index in [1.54, 1.807) is 18.2 Å². The van der Waals surface area contributed by atoms with E-state index in [-0.39, 0.29) is 0 Å². The maximum absolute atomic E-state index is 14.0. The predicted octanol–water partition coefficient (Wildman–Crippen LogP) is 4.42. The van der Waals surface area contributed by atoms with E-state index in [9.17, 15) is 4.39 Å². The molecule has 0 saturated carbocycles. The van der Waals surface area contributed by atoms with Gasteiger partial charge in [-0.25, -0.2) is 4.39 Å². The number of aromatic amines is 1. The van der Waals surface area contributed by atoms with Crippen LogP contribution in [0.25, 0.3) is 11.3 Å². The van der Waals surface area contributed by atoms with Crippen LogP contribution in [0.2, 0.25) is 5.02 Å². The summed E-state index contributed by atoms with van der Waals surface area (Å²) in [6.45, 7) is 4.09. The van der Waals surface area contributed by atoms with Crippen molar-refractivity contribution in [2.24, 2.45) is 5.92 Å². The largest absolute Gasteiger partial charge is 0.460 e. The average Bonchev–Trinajstić information content (AvgIpc) is 2.84. The molecule has 2 rings (SSSR count). The Labute approximate surface area is 128 Å².